The van der Waals surface area contributed by atoms with E-state index in [1.54, 1.807) is 73.7 Å². The zero-order valence-corrected chi connectivity index (χ0v) is 38.2. The van der Waals surface area contributed by atoms with Gasteiger partial charge in [-0.3, -0.25) is 10.1 Å². The van der Waals surface area contributed by atoms with Crippen molar-refractivity contribution in [3.05, 3.63) is 126 Å². The van der Waals surface area contributed by atoms with E-state index in [0.29, 0.717) is 58.6 Å². The maximum Gasteiger partial charge on any atom is 0.417 e. The summed E-state index contributed by atoms with van der Waals surface area (Å²) in [6.45, 7) is 4.50. The highest BCUT2D eigenvalue weighted by Gasteiger charge is 2.65. The van der Waals surface area contributed by atoms with E-state index >= 15 is 0 Å². The summed E-state index contributed by atoms with van der Waals surface area (Å²) in [5.41, 5.74) is 4.03. The quantitative estimate of drug-likeness (QED) is 0.0438. The van der Waals surface area contributed by atoms with Crippen LogP contribution in [0, 0.1) is 17.8 Å². The van der Waals surface area contributed by atoms with Gasteiger partial charge in [0.2, 0.25) is 12.6 Å². The molecule has 0 radical (unpaired) electrons. The number of oxime groups is 1. The second kappa shape index (κ2) is 21.4. The molecule has 1 saturated carbocycles. The number of anilines is 1. The number of aliphatic hydroxyl groups is 2. The Morgan fingerprint density at radius 3 is 2.42 bits per heavy atom. The Morgan fingerprint density at radius 1 is 0.896 bits per heavy atom. The Morgan fingerprint density at radius 2 is 1.66 bits per heavy atom. The lowest BCUT2D eigenvalue weighted by atomic mass is 9.55. The van der Waals surface area contributed by atoms with Crippen molar-refractivity contribution in [1.29, 1.82) is 0 Å². The SMILES string of the molecule is C=CCO[C@@]12Oc3ccc(OC(=O)Nc4ccc(OC)cc4OC)cc3[C@H]3[C@H](CCCCO)[C@@H](CCCCO)C=C(C(=NOCc4ccccc4)C[C@@H]1N(C)C(=O)c1ccc4c(c1)OCO4)[C@H]32. The van der Waals surface area contributed by atoms with Crippen molar-refractivity contribution in [2.24, 2.45) is 22.9 Å². The van der Waals surface area contributed by atoms with E-state index in [0.717, 1.165) is 42.4 Å². The van der Waals surface area contributed by atoms with Gasteiger partial charge in [-0.15, -0.1) is 6.58 Å². The first kappa shape index (κ1) is 47.0. The number of hydrogen-bond donors (Lipinski definition) is 3. The minimum absolute atomic E-state index is 0.0103. The van der Waals surface area contributed by atoms with Crippen molar-refractivity contribution < 1.29 is 57.8 Å². The number of fused-ring (bicyclic) bond motifs is 3. The van der Waals surface area contributed by atoms with Gasteiger partial charge in [-0.25, -0.2) is 4.79 Å². The maximum absolute atomic E-state index is 14.8. The molecule has 8 rings (SSSR count). The molecule has 4 aromatic rings. The summed E-state index contributed by atoms with van der Waals surface area (Å²) in [5, 5.41) is 27.6. The molecular weight excluding hydrogens is 859 g/mol. The second-order valence-corrected chi connectivity index (χ2v) is 17.1. The molecule has 0 unspecified atom stereocenters. The van der Waals surface area contributed by atoms with E-state index in [-0.39, 0.29) is 69.1 Å². The molecule has 2 aliphatic heterocycles. The third kappa shape index (κ3) is 9.95. The fraction of sp³-hybridized carbons (Fsp3) is 0.404. The average molecular weight is 918 g/mol. The molecule has 0 saturated heterocycles. The first-order chi connectivity index (χ1) is 32.7. The zero-order chi connectivity index (χ0) is 46.9. The molecule has 1 fully saturated rings. The van der Waals surface area contributed by atoms with Gasteiger partial charge in [-0.2, -0.15) is 0 Å². The number of nitrogens with zero attached hydrogens (tertiary/aromatic N) is 2. The highest BCUT2D eigenvalue weighted by Crippen LogP contribution is 2.62. The van der Waals surface area contributed by atoms with Gasteiger partial charge in [0.25, 0.3) is 5.91 Å². The van der Waals surface area contributed by atoms with E-state index < -0.39 is 23.8 Å². The number of hydrogen-bond acceptors (Lipinski definition) is 13. The number of unbranched alkanes of at least 4 members (excludes halogenated alkanes) is 2. The normalized spacial score (nSPS) is 22.6. The number of benzene rings is 4. The van der Waals surface area contributed by atoms with Crippen LogP contribution < -0.4 is 33.7 Å². The van der Waals surface area contributed by atoms with Crippen molar-refractivity contribution in [1.82, 2.24) is 4.90 Å². The third-order valence-corrected chi connectivity index (χ3v) is 13.2. The maximum atomic E-state index is 14.8. The van der Waals surface area contributed by atoms with Crippen LogP contribution in [0.4, 0.5) is 10.5 Å². The Bertz CT molecular complexity index is 2460. The summed E-state index contributed by atoms with van der Waals surface area (Å²) < 4.78 is 42.4. The highest BCUT2D eigenvalue weighted by molar-refractivity contribution is 6.03. The van der Waals surface area contributed by atoms with E-state index in [4.69, 9.17) is 43.2 Å². The van der Waals surface area contributed by atoms with Crippen LogP contribution in [-0.4, -0.2) is 92.5 Å². The number of allylic oxidation sites excluding steroid dienone is 1. The van der Waals surface area contributed by atoms with Crippen LogP contribution in [-0.2, 0) is 16.2 Å². The fourth-order valence-electron chi connectivity index (χ4n) is 10.1. The van der Waals surface area contributed by atoms with Crippen molar-refractivity contribution in [2.75, 3.05) is 53.2 Å². The molecule has 15 nitrogen and oxygen atoms in total. The monoisotopic (exact) mass is 917 g/mol. The van der Waals surface area contributed by atoms with Gasteiger partial charge in [0, 0.05) is 49.8 Å². The molecule has 0 aromatic heterocycles. The third-order valence-electron chi connectivity index (χ3n) is 13.2. The minimum Gasteiger partial charge on any atom is -0.497 e. The van der Waals surface area contributed by atoms with Crippen LogP contribution in [0.1, 0.15) is 72.3 Å². The highest BCUT2D eigenvalue weighted by atomic mass is 16.7. The Kier molecular flexibility index (Phi) is 15.0. The lowest BCUT2D eigenvalue weighted by Crippen LogP contribution is -2.69. The Balaban J connectivity index is 1.26. The van der Waals surface area contributed by atoms with Gasteiger partial charge in [0.05, 0.1) is 38.1 Å². The van der Waals surface area contributed by atoms with E-state index in [1.807, 2.05) is 36.4 Å². The molecule has 0 spiro atoms. The Labute approximate surface area is 390 Å². The number of rotatable bonds is 20. The zero-order valence-electron chi connectivity index (χ0n) is 38.2. The summed E-state index contributed by atoms with van der Waals surface area (Å²) in [4.78, 5) is 36.3. The molecular formula is C52H59N3O12. The van der Waals surface area contributed by atoms with Gasteiger partial charge in [0.15, 0.2) is 11.5 Å². The van der Waals surface area contributed by atoms with Crippen molar-refractivity contribution in [3.63, 3.8) is 0 Å². The molecule has 354 valence electrons. The first-order valence-electron chi connectivity index (χ1n) is 22.8. The fourth-order valence-corrected chi connectivity index (χ4v) is 10.1. The molecule has 4 aliphatic rings. The number of carbonyl (C=O) groups excluding carboxylic acids is 2. The molecule has 2 amide bonds. The van der Waals surface area contributed by atoms with Gasteiger partial charge in [-0.05, 0) is 97.2 Å². The van der Waals surface area contributed by atoms with Gasteiger partial charge in [-0.1, -0.05) is 60.5 Å². The lowest BCUT2D eigenvalue weighted by Gasteiger charge is -2.59. The average Bonchev–Trinajstić information content (AvgIpc) is 3.83. The number of aliphatic hydroxyl groups excluding tert-OH is 2. The predicted molar refractivity (Wildman–Crippen MR) is 250 cm³/mol. The van der Waals surface area contributed by atoms with E-state index in [2.05, 4.69) is 18.0 Å². The molecule has 6 atom stereocenters. The Hall–Kier alpha value is -6.55. The topological polar surface area (TPSA) is 176 Å². The van der Waals surface area contributed by atoms with Crippen LogP contribution in [0.5, 0.6) is 34.5 Å². The van der Waals surface area contributed by atoms with E-state index in [9.17, 15) is 19.8 Å². The predicted octanol–water partition coefficient (Wildman–Crippen LogP) is 8.65. The number of nitrogens with one attached hydrogen (secondary N) is 1. The minimum atomic E-state index is -1.49. The van der Waals surface area contributed by atoms with Gasteiger partial charge < -0.3 is 53.1 Å². The van der Waals surface area contributed by atoms with Crippen LogP contribution in [0.2, 0.25) is 0 Å². The molecule has 67 heavy (non-hydrogen) atoms. The van der Waals surface area contributed by atoms with Gasteiger partial charge in [0.1, 0.15) is 35.6 Å². The molecule has 3 N–H and O–H groups in total. The van der Waals surface area contributed by atoms with E-state index in [1.165, 1.54) is 7.11 Å². The molecule has 0 bridgehead atoms. The van der Waals surface area contributed by atoms with Crippen molar-refractivity contribution >= 4 is 23.4 Å². The summed E-state index contributed by atoms with van der Waals surface area (Å²) in [7, 11) is 4.79. The standard InChI is InChI=1S/C52H59N3O12/c1-5-25-64-52-47(55(2)50(58)35-17-21-44-46(27-35)63-32-62-44)30-42(54-65-31-33-13-7-6-8-14-33)39-26-34(15-9-11-23-56)38(16-10-12-24-57)48(49(39)52)40-28-37(19-22-43(40)67-52)66-51(59)53-41-20-18-36(60-3)29-45(41)61-4/h5-8,13-14,17-22,26-29,34,38,47-49,56-57H,1,9-12,15-16,23-25,30-32H2,2-4H3,(H,53,59)/t34-,38+,47-,48+,49+,52+/m0/s1. The summed E-state index contributed by atoms with van der Waals surface area (Å²) in [6.07, 6.45) is 7.64. The van der Waals surface area contributed by atoms with Crippen LogP contribution in [0.25, 0.3) is 0 Å². The lowest BCUT2D eigenvalue weighted by molar-refractivity contribution is -0.252. The van der Waals surface area contributed by atoms with Crippen LogP contribution in [0.15, 0.2) is 114 Å². The van der Waals surface area contributed by atoms with Crippen molar-refractivity contribution in [2.45, 2.75) is 69.3 Å². The van der Waals surface area contributed by atoms with Crippen molar-refractivity contribution in [3.8, 4) is 34.5 Å². The first-order valence-corrected chi connectivity index (χ1v) is 22.8. The second-order valence-electron chi connectivity index (χ2n) is 17.1. The number of ether oxygens (including phenoxy) is 7. The smallest absolute Gasteiger partial charge is 0.417 e. The number of carbonyl (C=O) groups is 2. The molecule has 2 aliphatic carbocycles. The summed E-state index contributed by atoms with van der Waals surface area (Å²) in [6, 6.07) is 24.5. The largest absolute Gasteiger partial charge is 0.497 e. The number of amides is 2. The van der Waals surface area contributed by atoms with Gasteiger partial charge >= 0.3 is 6.09 Å². The summed E-state index contributed by atoms with van der Waals surface area (Å²) >= 11 is 0. The van der Waals surface area contributed by atoms with Crippen LogP contribution >= 0.6 is 0 Å². The number of methoxy groups -OCH3 is 2. The molecule has 15 heteroatoms. The summed E-state index contributed by atoms with van der Waals surface area (Å²) in [5.74, 6) is -0.0147. The number of likely N-dealkylation sites (N-methyl/N-ethyl adjacent to an activating group) is 1. The molecule has 2 heterocycles. The van der Waals surface area contributed by atoms with Crippen LogP contribution in [0.3, 0.4) is 0 Å². The molecule has 4 aromatic carbocycles.